The Hall–Kier alpha value is -1.27. The molecule has 0 fully saturated rings. The average Bonchev–Trinajstić information content (AvgIpc) is 2.72. The molecule has 0 N–H and O–H groups in total. The molecule has 6 heteroatoms. The van der Waals surface area contributed by atoms with Gasteiger partial charge in [0.05, 0.1) is 12.7 Å². The van der Waals surface area contributed by atoms with Crippen molar-refractivity contribution >= 4 is 21.8 Å². The van der Waals surface area contributed by atoms with Gasteiger partial charge in [-0.25, -0.2) is 5.06 Å². The van der Waals surface area contributed by atoms with E-state index in [2.05, 4.69) is 15.9 Å². The van der Waals surface area contributed by atoms with E-state index in [1.165, 1.54) is 7.11 Å². The van der Waals surface area contributed by atoms with Crippen LogP contribution in [0.15, 0.2) is 16.6 Å². The molecule has 1 aliphatic rings. The van der Waals surface area contributed by atoms with Gasteiger partial charge in [0.15, 0.2) is 11.5 Å². The van der Waals surface area contributed by atoms with Crippen LogP contribution in [0.3, 0.4) is 0 Å². The molecule has 0 radical (unpaired) electrons. The quantitative estimate of drug-likeness (QED) is 0.779. The molecule has 1 amide bonds. The highest BCUT2D eigenvalue weighted by atomic mass is 79.9. The normalized spacial score (nSPS) is 12.7. The molecule has 0 spiro atoms. The number of hydrogen-bond donors (Lipinski definition) is 0. The zero-order chi connectivity index (χ0) is 11.7. The summed E-state index contributed by atoms with van der Waals surface area (Å²) in [6.45, 7) is 0.180. The highest BCUT2D eigenvalue weighted by molar-refractivity contribution is 9.10. The van der Waals surface area contributed by atoms with E-state index >= 15 is 0 Å². The molecule has 2 rings (SSSR count). The number of fused-ring (bicyclic) bond motifs is 1. The van der Waals surface area contributed by atoms with Gasteiger partial charge in [-0.2, -0.15) is 0 Å². The summed E-state index contributed by atoms with van der Waals surface area (Å²) in [5.74, 6) is 0.937. The van der Waals surface area contributed by atoms with Crippen molar-refractivity contribution in [3.8, 4) is 11.5 Å². The molecule has 1 aromatic carbocycles. The second-order valence-electron chi connectivity index (χ2n) is 3.17. The summed E-state index contributed by atoms with van der Waals surface area (Å²) in [5, 5.41) is 1.14. The lowest BCUT2D eigenvalue weighted by Gasteiger charge is -2.14. The molecule has 5 nitrogen and oxygen atoms in total. The van der Waals surface area contributed by atoms with Crippen molar-refractivity contribution in [2.75, 3.05) is 21.0 Å². The molecule has 16 heavy (non-hydrogen) atoms. The molecule has 0 unspecified atom stereocenters. The van der Waals surface area contributed by atoms with Crippen molar-refractivity contribution in [1.29, 1.82) is 0 Å². The van der Waals surface area contributed by atoms with E-state index < -0.39 is 0 Å². The molecule has 0 atom stereocenters. The smallest absolute Gasteiger partial charge is 0.278 e. The van der Waals surface area contributed by atoms with Gasteiger partial charge in [0, 0.05) is 11.5 Å². The van der Waals surface area contributed by atoms with Gasteiger partial charge in [-0.05, 0) is 28.1 Å². The molecule has 1 aromatic rings. The van der Waals surface area contributed by atoms with E-state index in [1.54, 1.807) is 19.2 Å². The number of nitrogens with zero attached hydrogens (tertiary/aromatic N) is 1. The average molecular weight is 288 g/mol. The highest BCUT2D eigenvalue weighted by Crippen LogP contribution is 2.37. The van der Waals surface area contributed by atoms with Crippen molar-refractivity contribution < 1.29 is 19.1 Å². The number of carbonyl (C=O) groups excluding carboxylic acids is 1. The van der Waals surface area contributed by atoms with Crippen LogP contribution in [0.2, 0.25) is 0 Å². The van der Waals surface area contributed by atoms with Crippen molar-refractivity contribution in [3.63, 3.8) is 0 Å². The Morgan fingerprint density at radius 2 is 2.06 bits per heavy atom. The third kappa shape index (κ3) is 1.85. The van der Waals surface area contributed by atoms with Gasteiger partial charge in [0.1, 0.15) is 0 Å². The topological polar surface area (TPSA) is 48.0 Å². The van der Waals surface area contributed by atoms with Crippen LogP contribution in [-0.2, 0) is 4.84 Å². The number of amides is 1. The second-order valence-corrected chi connectivity index (χ2v) is 4.02. The summed E-state index contributed by atoms with van der Waals surface area (Å²) in [4.78, 5) is 16.7. The maximum atomic E-state index is 11.9. The molecule has 0 bridgehead atoms. The highest BCUT2D eigenvalue weighted by Gasteiger charge is 2.21. The van der Waals surface area contributed by atoms with Gasteiger partial charge in [-0.1, -0.05) is 0 Å². The second kappa shape index (κ2) is 4.31. The minimum absolute atomic E-state index is 0.180. The largest absolute Gasteiger partial charge is 0.454 e. The summed E-state index contributed by atoms with van der Waals surface area (Å²) in [6, 6.07) is 3.34. The molecule has 0 aromatic heterocycles. The van der Waals surface area contributed by atoms with Crippen LogP contribution in [0.1, 0.15) is 10.4 Å². The Bertz CT molecular complexity index is 435. The minimum atomic E-state index is -0.257. The molecular weight excluding hydrogens is 278 g/mol. The van der Waals surface area contributed by atoms with Crippen LogP contribution in [-0.4, -0.2) is 31.9 Å². The third-order valence-electron chi connectivity index (χ3n) is 2.25. The first kappa shape index (κ1) is 11.2. The standard InChI is InChI=1S/C10H10BrNO4/c1-12(14-2)10(13)6-3-8-9(4-7(6)11)16-5-15-8/h3-4H,5H2,1-2H3. The number of ether oxygens (including phenoxy) is 2. The minimum Gasteiger partial charge on any atom is -0.454 e. The predicted octanol–water partition coefficient (Wildman–Crippen LogP) is 1.81. The van der Waals surface area contributed by atoms with E-state index in [1.807, 2.05) is 0 Å². The van der Waals surface area contributed by atoms with Crippen molar-refractivity contribution in [3.05, 3.63) is 22.2 Å². The molecule has 86 valence electrons. The summed E-state index contributed by atoms with van der Waals surface area (Å²) < 4.78 is 11.0. The Morgan fingerprint density at radius 1 is 1.44 bits per heavy atom. The zero-order valence-corrected chi connectivity index (χ0v) is 10.4. The SMILES string of the molecule is CON(C)C(=O)c1cc2c(cc1Br)OCO2. The third-order valence-corrected chi connectivity index (χ3v) is 2.91. The molecule has 0 aliphatic carbocycles. The summed E-state index contributed by atoms with van der Waals surface area (Å²) in [7, 11) is 2.97. The van der Waals surface area contributed by atoms with Crippen LogP contribution >= 0.6 is 15.9 Å². The summed E-state index contributed by atoms with van der Waals surface area (Å²) in [6.07, 6.45) is 0. The van der Waals surface area contributed by atoms with E-state index in [-0.39, 0.29) is 12.7 Å². The van der Waals surface area contributed by atoms with Crippen LogP contribution in [0.5, 0.6) is 11.5 Å². The monoisotopic (exact) mass is 287 g/mol. The van der Waals surface area contributed by atoms with Gasteiger partial charge >= 0.3 is 0 Å². The maximum absolute atomic E-state index is 11.9. The fourth-order valence-corrected chi connectivity index (χ4v) is 1.83. The lowest BCUT2D eigenvalue weighted by atomic mass is 10.2. The van der Waals surface area contributed by atoms with Gasteiger partial charge in [-0.3, -0.25) is 9.63 Å². The lowest BCUT2D eigenvalue weighted by molar-refractivity contribution is -0.0757. The summed E-state index contributed by atoms with van der Waals surface area (Å²) in [5.41, 5.74) is 0.466. The first-order valence-corrected chi connectivity index (χ1v) is 5.34. The number of benzene rings is 1. The number of rotatable bonds is 2. The van der Waals surface area contributed by atoms with E-state index in [0.717, 1.165) is 5.06 Å². The Morgan fingerprint density at radius 3 is 2.69 bits per heavy atom. The van der Waals surface area contributed by atoms with Crippen LogP contribution in [0.25, 0.3) is 0 Å². The Balaban J connectivity index is 2.38. The van der Waals surface area contributed by atoms with Crippen LogP contribution in [0.4, 0.5) is 0 Å². The lowest BCUT2D eigenvalue weighted by Crippen LogP contribution is -2.25. The van der Waals surface area contributed by atoms with Crippen LogP contribution < -0.4 is 9.47 Å². The Labute approximate surface area is 101 Å². The van der Waals surface area contributed by atoms with Gasteiger partial charge in [0.25, 0.3) is 5.91 Å². The molecule has 1 heterocycles. The first-order chi connectivity index (χ1) is 7.63. The fraction of sp³-hybridized carbons (Fsp3) is 0.300. The van der Waals surface area contributed by atoms with E-state index in [9.17, 15) is 4.79 Å². The van der Waals surface area contributed by atoms with Gasteiger partial charge in [-0.15, -0.1) is 0 Å². The van der Waals surface area contributed by atoms with Crippen molar-refractivity contribution in [2.24, 2.45) is 0 Å². The number of hydroxylamine groups is 2. The first-order valence-electron chi connectivity index (χ1n) is 4.55. The van der Waals surface area contributed by atoms with E-state index in [0.29, 0.717) is 21.5 Å². The van der Waals surface area contributed by atoms with Crippen molar-refractivity contribution in [1.82, 2.24) is 5.06 Å². The molecule has 0 saturated carbocycles. The number of carbonyl (C=O) groups is 1. The Kier molecular flexibility index (Phi) is 3.02. The van der Waals surface area contributed by atoms with Crippen molar-refractivity contribution in [2.45, 2.75) is 0 Å². The number of halogens is 1. The fourth-order valence-electron chi connectivity index (χ4n) is 1.33. The number of hydrogen-bond acceptors (Lipinski definition) is 4. The molecule has 1 aliphatic heterocycles. The maximum Gasteiger partial charge on any atom is 0.278 e. The van der Waals surface area contributed by atoms with Crippen LogP contribution in [0, 0.1) is 0 Å². The zero-order valence-electron chi connectivity index (χ0n) is 8.82. The van der Waals surface area contributed by atoms with Gasteiger partial charge < -0.3 is 9.47 Å². The predicted molar refractivity (Wildman–Crippen MR) is 59.4 cm³/mol. The summed E-state index contributed by atoms with van der Waals surface area (Å²) >= 11 is 3.31. The van der Waals surface area contributed by atoms with Gasteiger partial charge in [0.2, 0.25) is 6.79 Å². The van der Waals surface area contributed by atoms with E-state index in [4.69, 9.17) is 14.3 Å². The molecular formula is C10H10BrNO4. The molecule has 0 saturated heterocycles.